The number of rotatable bonds is 4. The van der Waals surface area contributed by atoms with E-state index in [9.17, 15) is 9.18 Å². The normalized spacial score (nSPS) is 16.9. The Bertz CT molecular complexity index is 1080. The Kier molecular flexibility index (Phi) is 5.25. The number of hydrogen-bond donors (Lipinski definition) is 1. The van der Waals surface area contributed by atoms with Crippen LogP contribution in [0, 0.1) is 5.82 Å². The monoisotopic (exact) mass is 417 g/mol. The van der Waals surface area contributed by atoms with Crippen molar-refractivity contribution in [1.29, 1.82) is 0 Å². The highest BCUT2D eigenvalue weighted by atomic mass is 35.5. The topological polar surface area (TPSA) is 77.0 Å². The van der Waals surface area contributed by atoms with E-state index in [4.69, 9.17) is 17.3 Å². The third kappa shape index (κ3) is 3.99. The second kappa shape index (κ2) is 7.83. The zero-order chi connectivity index (χ0) is 19.7. The number of nitrogens with zero attached hydrogens (tertiary/aromatic N) is 4. The highest BCUT2D eigenvalue weighted by Crippen LogP contribution is 2.24. The molecule has 0 radical (unpaired) electrons. The smallest absolute Gasteiger partial charge is 0.335 e. The molecule has 1 atom stereocenters. The minimum atomic E-state index is -0.378. The van der Waals surface area contributed by atoms with Crippen LogP contribution in [0.3, 0.4) is 0 Å². The van der Waals surface area contributed by atoms with Gasteiger partial charge in [0.15, 0.2) is 0 Å². The van der Waals surface area contributed by atoms with Gasteiger partial charge in [0.2, 0.25) is 5.95 Å². The van der Waals surface area contributed by atoms with E-state index in [-0.39, 0.29) is 17.5 Å². The van der Waals surface area contributed by atoms with Gasteiger partial charge >= 0.3 is 5.69 Å². The van der Waals surface area contributed by atoms with Crippen molar-refractivity contribution in [3.8, 4) is 0 Å². The molecule has 0 amide bonds. The summed E-state index contributed by atoms with van der Waals surface area (Å²) in [7, 11) is 0. The zero-order valence-corrected chi connectivity index (χ0v) is 16.3. The highest BCUT2D eigenvalue weighted by Gasteiger charge is 2.22. The van der Waals surface area contributed by atoms with E-state index in [2.05, 4.69) is 9.97 Å². The fraction of sp³-hybridized carbons (Fsp3) is 0.211. The molecule has 0 saturated heterocycles. The number of thiophene rings is 1. The zero-order valence-electron chi connectivity index (χ0n) is 14.8. The summed E-state index contributed by atoms with van der Waals surface area (Å²) in [5, 5.41) is 0. The average molecular weight is 418 g/mol. The fourth-order valence-electron chi connectivity index (χ4n) is 3.12. The number of halogens is 2. The fourth-order valence-corrected chi connectivity index (χ4v) is 4.21. The van der Waals surface area contributed by atoms with E-state index in [1.807, 2.05) is 17.0 Å². The Labute approximate surface area is 169 Å². The van der Waals surface area contributed by atoms with Crippen LogP contribution in [0.15, 0.2) is 53.6 Å². The second-order valence-corrected chi connectivity index (χ2v) is 8.25. The molecule has 4 rings (SSSR count). The molecule has 1 aliphatic heterocycles. The first-order valence-electron chi connectivity index (χ1n) is 8.64. The van der Waals surface area contributed by atoms with E-state index < -0.39 is 0 Å². The number of nitrogens with two attached hydrogens (primary N) is 1. The van der Waals surface area contributed by atoms with Gasteiger partial charge in [-0.15, -0.1) is 11.3 Å². The van der Waals surface area contributed by atoms with Crippen LogP contribution in [0.5, 0.6) is 0 Å². The van der Waals surface area contributed by atoms with Crippen LogP contribution in [-0.4, -0.2) is 33.7 Å². The van der Waals surface area contributed by atoms with Gasteiger partial charge < -0.3 is 10.6 Å². The van der Waals surface area contributed by atoms with Gasteiger partial charge in [0, 0.05) is 24.0 Å². The average Bonchev–Trinajstić information content (AvgIpc) is 3.09. The van der Waals surface area contributed by atoms with E-state index in [0.29, 0.717) is 29.9 Å². The molecule has 6 nitrogen and oxygen atoms in total. The minimum Gasteiger partial charge on any atom is -0.335 e. The van der Waals surface area contributed by atoms with E-state index in [0.717, 1.165) is 16.0 Å². The molecule has 3 aromatic rings. The molecule has 0 bridgehead atoms. The van der Waals surface area contributed by atoms with Crippen molar-refractivity contribution >= 4 is 34.5 Å². The van der Waals surface area contributed by atoms with E-state index in [1.54, 1.807) is 18.2 Å². The summed E-state index contributed by atoms with van der Waals surface area (Å²) in [6, 6.07) is 9.63. The van der Waals surface area contributed by atoms with Crippen LogP contribution in [0.2, 0.25) is 4.34 Å². The largest absolute Gasteiger partial charge is 0.352 e. The molecule has 3 heterocycles. The summed E-state index contributed by atoms with van der Waals surface area (Å²) in [5.74, 6) is 0.0597. The molecule has 1 unspecified atom stereocenters. The molecule has 2 aromatic heterocycles. The predicted molar refractivity (Wildman–Crippen MR) is 109 cm³/mol. The van der Waals surface area contributed by atoms with Gasteiger partial charge in [-0.05, 0) is 35.4 Å². The van der Waals surface area contributed by atoms with Crippen molar-refractivity contribution in [3.63, 3.8) is 0 Å². The first-order valence-corrected chi connectivity index (χ1v) is 9.83. The van der Waals surface area contributed by atoms with Crippen LogP contribution in [0.1, 0.15) is 10.4 Å². The number of anilines is 1. The summed E-state index contributed by atoms with van der Waals surface area (Å²) in [6.45, 7) is 1.36. The molecule has 2 N–H and O–H groups in total. The minimum absolute atomic E-state index is 0.283. The maximum Gasteiger partial charge on any atom is 0.352 e. The summed E-state index contributed by atoms with van der Waals surface area (Å²) < 4.78 is 15.2. The quantitative estimate of drug-likeness (QED) is 0.706. The number of hydrogen-bond acceptors (Lipinski definition) is 6. The molecule has 1 aromatic carbocycles. The molecule has 144 valence electrons. The Morgan fingerprint density at radius 3 is 2.68 bits per heavy atom. The lowest BCUT2D eigenvalue weighted by atomic mass is 9.95. The SMILES string of the molecule is NC1CN(c2ncn(Cc3ccc(Cl)s3)c(=O)n2)CC=C1c1ccc(F)cc1. The van der Waals surface area contributed by atoms with Gasteiger partial charge in [0.25, 0.3) is 0 Å². The molecule has 1 aliphatic rings. The van der Waals surface area contributed by atoms with E-state index in [1.165, 1.54) is 34.4 Å². The van der Waals surface area contributed by atoms with Crippen molar-refractivity contribution in [1.82, 2.24) is 14.5 Å². The van der Waals surface area contributed by atoms with Crippen molar-refractivity contribution < 1.29 is 4.39 Å². The predicted octanol–water partition coefficient (Wildman–Crippen LogP) is 2.77. The number of aromatic nitrogens is 3. The molecule has 0 spiro atoms. The maximum absolute atomic E-state index is 13.1. The van der Waals surface area contributed by atoms with Crippen LogP contribution in [0.25, 0.3) is 5.57 Å². The Hall–Kier alpha value is -2.55. The molecule has 0 fully saturated rings. The summed E-state index contributed by atoms with van der Waals surface area (Å²) in [6.07, 6.45) is 3.45. The van der Waals surface area contributed by atoms with Gasteiger partial charge in [-0.1, -0.05) is 29.8 Å². The first-order chi connectivity index (χ1) is 13.5. The third-order valence-electron chi connectivity index (χ3n) is 4.52. The Morgan fingerprint density at radius 2 is 2.04 bits per heavy atom. The maximum atomic E-state index is 13.1. The summed E-state index contributed by atoms with van der Waals surface area (Å²) in [4.78, 5) is 23.6. The van der Waals surface area contributed by atoms with Crippen molar-refractivity contribution in [3.05, 3.63) is 79.9 Å². The highest BCUT2D eigenvalue weighted by molar-refractivity contribution is 7.16. The summed E-state index contributed by atoms with van der Waals surface area (Å²) >= 11 is 7.34. The van der Waals surface area contributed by atoms with Gasteiger partial charge in [-0.2, -0.15) is 4.98 Å². The molecule has 0 saturated carbocycles. The van der Waals surface area contributed by atoms with Gasteiger partial charge in [-0.25, -0.2) is 14.2 Å². The van der Waals surface area contributed by atoms with Crippen LogP contribution in [-0.2, 0) is 6.54 Å². The summed E-state index contributed by atoms with van der Waals surface area (Å²) in [5.41, 5.74) is 7.75. The van der Waals surface area contributed by atoms with Crippen molar-refractivity contribution in [2.75, 3.05) is 18.0 Å². The second-order valence-electron chi connectivity index (χ2n) is 6.45. The molecular weight excluding hydrogens is 401 g/mol. The van der Waals surface area contributed by atoms with Gasteiger partial charge in [0.1, 0.15) is 12.1 Å². The third-order valence-corrected chi connectivity index (χ3v) is 5.73. The Morgan fingerprint density at radius 1 is 1.25 bits per heavy atom. The lowest BCUT2D eigenvalue weighted by Gasteiger charge is -2.31. The van der Waals surface area contributed by atoms with Crippen LogP contribution >= 0.6 is 22.9 Å². The van der Waals surface area contributed by atoms with Crippen LogP contribution in [0.4, 0.5) is 10.3 Å². The molecule has 0 aliphatic carbocycles. The van der Waals surface area contributed by atoms with Crippen LogP contribution < -0.4 is 16.3 Å². The van der Waals surface area contributed by atoms with Gasteiger partial charge in [-0.3, -0.25) is 4.57 Å². The van der Waals surface area contributed by atoms with Crippen molar-refractivity contribution in [2.45, 2.75) is 12.6 Å². The molecule has 9 heteroatoms. The van der Waals surface area contributed by atoms with Gasteiger partial charge in [0.05, 0.1) is 10.9 Å². The lowest BCUT2D eigenvalue weighted by molar-refractivity contribution is 0.627. The van der Waals surface area contributed by atoms with Crippen molar-refractivity contribution in [2.24, 2.45) is 5.73 Å². The molecule has 28 heavy (non-hydrogen) atoms. The lowest BCUT2D eigenvalue weighted by Crippen LogP contribution is -2.44. The number of benzene rings is 1. The first kappa shape index (κ1) is 18.8. The Balaban J connectivity index is 1.51. The standard InChI is InChI=1S/C19H17ClFN5OS/c20-17-6-5-14(28-17)9-26-11-23-18(24-19(26)27)25-8-7-15(16(22)10-25)12-1-3-13(21)4-2-12/h1-7,11,16H,8-10,22H2. The molecular formula is C19H17ClFN5OS. The van der Waals surface area contributed by atoms with E-state index >= 15 is 0 Å².